The Morgan fingerprint density at radius 2 is 1.94 bits per heavy atom. The van der Waals surface area contributed by atoms with E-state index in [-0.39, 0.29) is 16.6 Å². The van der Waals surface area contributed by atoms with Crippen molar-refractivity contribution in [1.29, 1.82) is 0 Å². The predicted octanol–water partition coefficient (Wildman–Crippen LogP) is 0.795. The van der Waals surface area contributed by atoms with Crippen molar-refractivity contribution in [3.63, 3.8) is 0 Å². The Morgan fingerprint density at radius 1 is 1.33 bits per heavy atom. The number of sulfone groups is 1. The largest absolute Gasteiger partial charge is 0.229 e. The first-order chi connectivity index (χ1) is 8.11. The van der Waals surface area contributed by atoms with E-state index >= 15 is 0 Å². The summed E-state index contributed by atoms with van der Waals surface area (Å²) in [5, 5.41) is 11.8. The van der Waals surface area contributed by atoms with E-state index in [0.29, 0.717) is 6.54 Å². The molecule has 0 spiro atoms. The molecule has 2 rings (SSSR count). The van der Waals surface area contributed by atoms with Crippen molar-refractivity contribution in [2.45, 2.75) is 45.6 Å². The molecule has 0 N–H and O–H groups in total. The molecule has 0 aromatic carbocycles. The van der Waals surface area contributed by atoms with Crippen LogP contribution in [-0.4, -0.2) is 40.6 Å². The van der Waals surface area contributed by atoms with Gasteiger partial charge in [0, 0.05) is 17.1 Å². The Labute approximate surface area is 108 Å². The minimum absolute atomic E-state index is 0.134. The van der Waals surface area contributed by atoms with Crippen LogP contribution in [0.2, 0.25) is 0 Å². The molecule has 102 valence electrons. The van der Waals surface area contributed by atoms with Crippen LogP contribution in [0.15, 0.2) is 0 Å². The van der Waals surface area contributed by atoms with Gasteiger partial charge in [-0.25, -0.2) is 13.1 Å². The third kappa shape index (κ3) is 3.07. The SMILES string of the molecule is CC(C)(C)c1nnnn1CC1(CS(C)(=O)=O)CC1. The van der Waals surface area contributed by atoms with E-state index in [1.165, 1.54) is 6.26 Å². The summed E-state index contributed by atoms with van der Waals surface area (Å²) in [5.41, 5.74) is -0.284. The molecule has 0 radical (unpaired) electrons. The van der Waals surface area contributed by atoms with E-state index in [0.717, 1.165) is 18.7 Å². The average Bonchev–Trinajstić information content (AvgIpc) is 2.72. The summed E-state index contributed by atoms with van der Waals surface area (Å²) in [6, 6.07) is 0. The Hall–Kier alpha value is -0.980. The molecular formula is C11H20N4O2S. The van der Waals surface area contributed by atoms with Crippen LogP contribution in [0.1, 0.15) is 39.4 Å². The fraction of sp³-hybridized carbons (Fsp3) is 0.909. The van der Waals surface area contributed by atoms with Crippen LogP contribution < -0.4 is 0 Å². The van der Waals surface area contributed by atoms with Crippen molar-refractivity contribution >= 4 is 9.84 Å². The zero-order valence-corrected chi connectivity index (χ0v) is 12.2. The molecule has 0 saturated heterocycles. The maximum Gasteiger partial charge on any atom is 0.156 e. The lowest BCUT2D eigenvalue weighted by atomic mass is 9.95. The fourth-order valence-corrected chi connectivity index (χ4v) is 3.74. The first-order valence-corrected chi connectivity index (χ1v) is 8.12. The summed E-state index contributed by atoms with van der Waals surface area (Å²) in [6.07, 6.45) is 3.16. The van der Waals surface area contributed by atoms with Gasteiger partial charge >= 0.3 is 0 Å². The lowest BCUT2D eigenvalue weighted by Crippen LogP contribution is -2.26. The quantitative estimate of drug-likeness (QED) is 0.810. The lowest BCUT2D eigenvalue weighted by molar-refractivity contribution is 0.387. The van der Waals surface area contributed by atoms with E-state index in [1.807, 2.05) is 20.8 Å². The molecular weight excluding hydrogens is 252 g/mol. The molecule has 0 aliphatic heterocycles. The highest BCUT2D eigenvalue weighted by molar-refractivity contribution is 7.90. The van der Waals surface area contributed by atoms with E-state index < -0.39 is 9.84 Å². The molecule has 1 aromatic heterocycles. The monoisotopic (exact) mass is 272 g/mol. The minimum Gasteiger partial charge on any atom is -0.229 e. The number of nitrogens with zero attached hydrogens (tertiary/aromatic N) is 4. The summed E-state index contributed by atoms with van der Waals surface area (Å²) in [4.78, 5) is 0. The van der Waals surface area contributed by atoms with Crippen molar-refractivity contribution in [1.82, 2.24) is 20.2 Å². The summed E-state index contributed by atoms with van der Waals surface area (Å²) < 4.78 is 24.6. The first kappa shape index (κ1) is 13.5. The van der Waals surface area contributed by atoms with E-state index in [9.17, 15) is 8.42 Å². The Balaban J connectivity index is 2.18. The van der Waals surface area contributed by atoms with Gasteiger partial charge in [-0.1, -0.05) is 20.8 Å². The van der Waals surface area contributed by atoms with Crippen LogP contribution in [0.25, 0.3) is 0 Å². The molecule has 1 aliphatic rings. The van der Waals surface area contributed by atoms with Gasteiger partial charge in [0.1, 0.15) is 9.84 Å². The smallest absolute Gasteiger partial charge is 0.156 e. The van der Waals surface area contributed by atoms with E-state index in [2.05, 4.69) is 15.5 Å². The predicted molar refractivity (Wildman–Crippen MR) is 67.9 cm³/mol. The zero-order valence-electron chi connectivity index (χ0n) is 11.3. The Morgan fingerprint density at radius 3 is 2.39 bits per heavy atom. The van der Waals surface area contributed by atoms with Gasteiger partial charge in [0.15, 0.2) is 5.82 Å². The molecule has 18 heavy (non-hydrogen) atoms. The summed E-state index contributed by atoms with van der Waals surface area (Å²) in [5.74, 6) is 1.03. The third-order valence-corrected chi connectivity index (χ3v) is 4.35. The molecule has 1 aliphatic carbocycles. The van der Waals surface area contributed by atoms with Crippen molar-refractivity contribution in [3.05, 3.63) is 5.82 Å². The van der Waals surface area contributed by atoms with Crippen LogP contribution in [0.5, 0.6) is 0 Å². The second kappa shape index (κ2) is 4.01. The van der Waals surface area contributed by atoms with Crippen molar-refractivity contribution < 1.29 is 8.42 Å². The maximum atomic E-state index is 11.4. The number of hydrogen-bond donors (Lipinski definition) is 0. The van der Waals surface area contributed by atoms with Gasteiger partial charge in [-0.15, -0.1) is 5.10 Å². The normalized spacial score (nSPS) is 18.9. The van der Waals surface area contributed by atoms with Crippen LogP contribution in [0, 0.1) is 5.41 Å². The molecule has 1 fully saturated rings. The highest BCUT2D eigenvalue weighted by Crippen LogP contribution is 2.48. The summed E-state index contributed by atoms with van der Waals surface area (Å²) in [6.45, 7) is 6.74. The zero-order chi connectivity index (χ0) is 13.6. The van der Waals surface area contributed by atoms with E-state index in [4.69, 9.17) is 0 Å². The van der Waals surface area contributed by atoms with Gasteiger partial charge in [0.05, 0.1) is 12.3 Å². The maximum absolute atomic E-state index is 11.4. The molecule has 7 heteroatoms. The number of rotatable bonds is 4. The second-order valence-electron chi connectivity index (χ2n) is 6.48. The van der Waals surface area contributed by atoms with Crippen molar-refractivity contribution in [2.24, 2.45) is 5.41 Å². The number of tetrazole rings is 1. The fourth-order valence-electron chi connectivity index (χ4n) is 2.25. The van der Waals surface area contributed by atoms with Gasteiger partial charge in [-0.05, 0) is 23.3 Å². The highest BCUT2D eigenvalue weighted by Gasteiger charge is 2.46. The molecule has 0 amide bonds. The van der Waals surface area contributed by atoms with Crippen LogP contribution in [0.3, 0.4) is 0 Å². The van der Waals surface area contributed by atoms with Gasteiger partial charge in [-0.3, -0.25) is 0 Å². The van der Waals surface area contributed by atoms with Crippen LogP contribution >= 0.6 is 0 Å². The molecule has 0 bridgehead atoms. The first-order valence-electron chi connectivity index (χ1n) is 6.06. The Kier molecular flexibility index (Phi) is 3.00. The summed E-state index contributed by atoms with van der Waals surface area (Å²) in [7, 11) is -2.95. The third-order valence-electron chi connectivity index (χ3n) is 3.21. The molecule has 0 unspecified atom stereocenters. The molecule has 1 aromatic rings. The van der Waals surface area contributed by atoms with E-state index in [1.54, 1.807) is 4.68 Å². The van der Waals surface area contributed by atoms with Crippen LogP contribution in [-0.2, 0) is 21.8 Å². The molecule has 1 saturated carbocycles. The van der Waals surface area contributed by atoms with Gasteiger partial charge in [-0.2, -0.15) is 0 Å². The standard InChI is InChI=1S/C11H20N4O2S/c1-10(2,3)9-12-13-14-15(9)7-11(5-6-11)8-18(4,16)17/h5-8H2,1-4H3. The summed E-state index contributed by atoms with van der Waals surface area (Å²) >= 11 is 0. The van der Waals surface area contributed by atoms with Crippen molar-refractivity contribution in [2.75, 3.05) is 12.0 Å². The van der Waals surface area contributed by atoms with Crippen molar-refractivity contribution in [3.8, 4) is 0 Å². The van der Waals surface area contributed by atoms with Gasteiger partial charge in [0.25, 0.3) is 0 Å². The van der Waals surface area contributed by atoms with Gasteiger partial charge in [0.2, 0.25) is 0 Å². The lowest BCUT2D eigenvalue weighted by Gasteiger charge is -2.20. The Bertz CT molecular complexity index is 538. The highest BCUT2D eigenvalue weighted by atomic mass is 32.2. The molecule has 1 heterocycles. The topological polar surface area (TPSA) is 77.7 Å². The molecule has 0 atom stereocenters. The second-order valence-corrected chi connectivity index (χ2v) is 8.62. The molecule has 6 nitrogen and oxygen atoms in total. The number of aromatic nitrogens is 4. The average molecular weight is 272 g/mol. The van der Waals surface area contributed by atoms with Crippen LogP contribution in [0.4, 0.5) is 0 Å². The minimum atomic E-state index is -2.95. The van der Waals surface area contributed by atoms with Gasteiger partial charge < -0.3 is 0 Å². The number of hydrogen-bond acceptors (Lipinski definition) is 5.